The third-order valence-electron chi connectivity index (χ3n) is 4.73. The van der Waals surface area contributed by atoms with Gasteiger partial charge in [0.1, 0.15) is 0 Å². The van der Waals surface area contributed by atoms with Crippen molar-refractivity contribution in [2.24, 2.45) is 0 Å². The van der Waals surface area contributed by atoms with E-state index in [4.69, 9.17) is 0 Å². The maximum absolute atomic E-state index is 12.7. The number of nitro groups is 1. The number of Topliss-reactive ketones (excluding diaryl/α,β-unsaturated/α-hetero) is 1. The summed E-state index contributed by atoms with van der Waals surface area (Å²) in [5.41, 5.74) is 2.84. The summed E-state index contributed by atoms with van der Waals surface area (Å²) in [5, 5.41) is 11.4. The molecule has 1 aliphatic rings. The first kappa shape index (κ1) is 16.0. The highest BCUT2D eigenvalue weighted by Crippen LogP contribution is 2.25. The highest BCUT2D eigenvalue weighted by atomic mass is 16.6. The van der Waals surface area contributed by atoms with Crippen molar-refractivity contribution in [3.63, 3.8) is 0 Å². The van der Waals surface area contributed by atoms with E-state index in [1.807, 2.05) is 24.3 Å². The number of amides is 1. The summed E-state index contributed by atoms with van der Waals surface area (Å²) in [6.45, 7) is 0.868. The SMILES string of the molecule is O=C(C(=O)N1CCc2ccccc2C1)c1c[nH]c2ccc([N+](=O)[O-])cc12. The summed E-state index contributed by atoms with van der Waals surface area (Å²) >= 11 is 0. The summed E-state index contributed by atoms with van der Waals surface area (Å²) in [7, 11) is 0. The van der Waals surface area contributed by atoms with E-state index in [1.54, 1.807) is 0 Å². The highest BCUT2D eigenvalue weighted by Gasteiger charge is 2.28. The van der Waals surface area contributed by atoms with E-state index >= 15 is 0 Å². The molecule has 0 spiro atoms. The maximum atomic E-state index is 12.7. The zero-order valence-corrected chi connectivity index (χ0v) is 13.8. The quantitative estimate of drug-likeness (QED) is 0.340. The number of rotatable bonds is 3. The number of aromatic nitrogens is 1. The summed E-state index contributed by atoms with van der Waals surface area (Å²) in [6.07, 6.45) is 2.14. The molecule has 1 N–H and O–H groups in total. The molecule has 1 amide bonds. The van der Waals surface area contributed by atoms with E-state index < -0.39 is 16.6 Å². The number of H-pyrrole nitrogens is 1. The molecule has 0 unspecified atom stereocenters. The minimum absolute atomic E-state index is 0.120. The predicted octanol–water partition coefficient (Wildman–Crippen LogP) is 2.84. The number of hydrogen-bond acceptors (Lipinski definition) is 4. The number of carbonyl (C=O) groups excluding carboxylic acids is 2. The van der Waals surface area contributed by atoms with Gasteiger partial charge < -0.3 is 9.88 Å². The Bertz CT molecular complexity index is 1050. The molecule has 1 aromatic heterocycles. The average molecular weight is 349 g/mol. The molecule has 3 aromatic rings. The van der Waals surface area contributed by atoms with Gasteiger partial charge in [-0.15, -0.1) is 0 Å². The van der Waals surface area contributed by atoms with Crippen LogP contribution in [0.1, 0.15) is 21.5 Å². The molecule has 130 valence electrons. The molecule has 26 heavy (non-hydrogen) atoms. The molecular weight excluding hydrogens is 334 g/mol. The summed E-state index contributed by atoms with van der Waals surface area (Å²) < 4.78 is 0. The lowest BCUT2D eigenvalue weighted by molar-refractivity contribution is -0.384. The smallest absolute Gasteiger partial charge is 0.295 e. The summed E-state index contributed by atoms with van der Waals surface area (Å²) in [5.74, 6) is -1.25. The van der Waals surface area contributed by atoms with E-state index in [1.165, 1.54) is 34.9 Å². The van der Waals surface area contributed by atoms with Gasteiger partial charge in [-0.1, -0.05) is 24.3 Å². The van der Waals surface area contributed by atoms with Gasteiger partial charge in [0.25, 0.3) is 17.4 Å². The Morgan fingerprint density at radius 2 is 1.88 bits per heavy atom. The van der Waals surface area contributed by atoms with Crippen molar-refractivity contribution in [1.29, 1.82) is 0 Å². The van der Waals surface area contributed by atoms with Crippen LogP contribution in [0.3, 0.4) is 0 Å². The molecule has 7 nitrogen and oxygen atoms in total. The Morgan fingerprint density at radius 3 is 2.65 bits per heavy atom. The molecule has 7 heteroatoms. The van der Waals surface area contributed by atoms with Crippen LogP contribution in [0.2, 0.25) is 0 Å². The summed E-state index contributed by atoms with van der Waals surface area (Å²) in [6, 6.07) is 12.1. The van der Waals surface area contributed by atoms with Gasteiger partial charge in [0, 0.05) is 42.3 Å². The van der Waals surface area contributed by atoms with Gasteiger partial charge in [-0.05, 0) is 23.6 Å². The first-order valence-electron chi connectivity index (χ1n) is 8.20. The molecule has 4 rings (SSSR count). The van der Waals surface area contributed by atoms with Crippen LogP contribution in [0.25, 0.3) is 10.9 Å². The molecule has 0 aliphatic carbocycles. The lowest BCUT2D eigenvalue weighted by Crippen LogP contribution is -2.40. The van der Waals surface area contributed by atoms with Crippen LogP contribution in [0, 0.1) is 10.1 Å². The molecule has 0 radical (unpaired) electrons. The Hall–Kier alpha value is -3.48. The number of aromatic amines is 1. The van der Waals surface area contributed by atoms with Crippen molar-refractivity contribution in [3.8, 4) is 0 Å². The number of benzene rings is 2. The Kier molecular flexibility index (Phi) is 3.76. The number of ketones is 1. The second-order valence-electron chi connectivity index (χ2n) is 6.26. The molecule has 2 aromatic carbocycles. The predicted molar refractivity (Wildman–Crippen MR) is 94.8 cm³/mol. The number of nitro benzene ring substituents is 1. The van der Waals surface area contributed by atoms with Crippen molar-refractivity contribution < 1.29 is 14.5 Å². The van der Waals surface area contributed by atoms with Gasteiger partial charge in [-0.3, -0.25) is 19.7 Å². The molecule has 0 bridgehead atoms. The molecule has 0 atom stereocenters. The zero-order chi connectivity index (χ0) is 18.3. The molecular formula is C19H15N3O4. The third-order valence-corrected chi connectivity index (χ3v) is 4.73. The zero-order valence-electron chi connectivity index (χ0n) is 13.8. The van der Waals surface area contributed by atoms with E-state index in [9.17, 15) is 19.7 Å². The minimum Gasteiger partial charge on any atom is -0.360 e. The molecule has 0 fully saturated rings. The topological polar surface area (TPSA) is 96.3 Å². The highest BCUT2D eigenvalue weighted by molar-refractivity contribution is 6.44. The van der Waals surface area contributed by atoms with Gasteiger partial charge in [-0.2, -0.15) is 0 Å². The second-order valence-corrected chi connectivity index (χ2v) is 6.26. The van der Waals surface area contributed by atoms with E-state index in [0.717, 1.165) is 5.56 Å². The normalized spacial score (nSPS) is 13.5. The van der Waals surface area contributed by atoms with Crippen molar-refractivity contribution >= 4 is 28.3 Å². The van der Waals surface area contributed by atoms with E-state index in [2.05, 4.69) is 4.98 Å². The first-order valence-corrected chi connectivity index (χ1v) is 8.20. The van der Waals surface area contributed by atoms with Gasteiger partial charge in [-0.25, -0.2) is 0 Å². The molecule has 2 heterocycles. The fraction of sp³-hybridized carbons (Fsp3) is 0.158. The Labute approximate surface area is 148 Å². The largest absolute Gasteiger partial charge is 0.360 e. The van der Waals surface area contributed by atoms with Crippen LogP contribution in [0.15, 0.2) is 48.7 Å². The van der Waals surface area contributed by atoms with Crippen molar-refractivity contribution in [2.45, 2.75) is 13.0 Å². The maximum Gasteiger partial charge on any atom is 0.295 e. The Balaban J connectivity index is 1.64. The monoisotopic (exact) mass is 349 g/mol. The van der Waals surface area contributed by atoms with Gasteiger partial charge in [0.15, 0.2) is 0 Å². The number of nitrogens with zero attached hydrogens (tertiary/aromatic N) is 2. The second kappa shape index (κ2) is 6.11. The lowest BCUT2D eigenvalue weighted by Gasteiger charge is -2.28. The number of fused-ring (bicyclic) bond motifs is 2. The fourth-order valence-corrected chi connectivity index (χ4v) is 3.34. The van der Waals surface area contributed by atoms with Crippen molar-refractivity contribution in [3.05, 3.63) is 75.5 Å². The molecule has 1 aliphatic heterocycles. The standard InChI is InChI=1S/C19H15N3O4/c23-18(16-10-20-17-6-5-14(22(25)26)9-15(16)17)19(24)21-8-7-12-3-1-2-4-13(12)11-21/h1-6,9-10,20H,7-8,11H2. The lowest BCUT2D eigenvalue weighted by atomic mass is 9.99. The molecule has 0 saturated carbocycles. The van der Waals surface area contributed by atoms with Crippen molar-refractivity contribution in [1.82, 2.24) is 9.88 Å². The number of carbonyl (C=O) groups is 2. The molecule has 0 saturated heterocycles. The third kappa shape index (κ3) is 2.63. The number of hydrogen-bond donors (Lipinski definition) is 1. The van der Waals surface area contributed by atoms with Gasteiger partial charge in [0.05, 0.1) is 10.5 Å². The van der Waals surface area contributed by atoms with Gasteiger partial charge in [0.2, 0.25) is 0 Å². The van der Waals surface area contributed by atoms with E-state index in [0.29, 0.717) is 30.4 Å². The van der Waals surface area contributed by atoms with Crippen LogP contribution in [0.5, 0.6) is 0 Å². The number of nitrogens with one attached hydrogen (secondary N) is 1. The van der Waals surface area contributed by atoms with Crippen molar-refractivity contribution in [2.75, 3.05) is 6.54 Å². The fourth-order valence-electron chi connectivity index (χ4n) is 3.34. The minimum atomic E-state index is -0.656. The summed E-state index contributed by atoms with van der Waals surface area (Å²) in [4.78, 5) is 40.3. The first-order chi connectivity index (χ1) is 12.5. The van der Waals surface area contributed by atoms with Crippen LogP contribution in [0.4, 0.5) is 5.69 Å². The van der Waals surface area contributed by atoms with Gasteiger partial charge >= 0.3 is 0 Å². The Morgan fingerprint density at radius 1 is 1.12 bits per heavy atom. The van der Waals surface area contributed by atoms with Crippen LogP contribution >= 0.6 is 0 Å². The number of non-ortho nitro benzene ring substituents is 1. The van der Waals surface area contributed by atoms with Crippen LogP contribution < -0.4 is 0 Å². The average Bonchev–Trinajstić information content (AvgIpc) is 3.09. The van der Waals surface area contributed by atoms with Crippen LogP contribution in [-0.4, -0.2) is 33.0 Å². The van der Waals surface area contributed by atoms with E-state index in [-0.39, 0.29) is 11.3 Å². The van der Waals surface area contributed by atoms with Crippen LogP contribution in [-0.2, 0) is 17.8 Å².